The van der Waals surface area contributed by atoms with Crippen LogP contribution in [0.15, 0.2) is 14.8 Å². The monoisotopic (exact) mass is 589 g/mol. The number of rotatable bonds is 7. The molecule has 0 aliphatic carbocycles. The first-order chi connectivity index (χ1) is 9.26. The number of aliphatic imine (C=N–C) groups is 1. The number of thiazole rings is 1. The van der Waals surface area contributed by atoms with Crippen LogP contribution >= 0.6 is 23.1 Å². The van der Waals surface area contributed by atoms with Gasteiger partial charge in [-0.1, -0.05) is 0 Å². The molecule has 0 spiro atoms. The summed E-state index contributed by atoms with van der Waals surface area (Å²) < 4.78 is 24.5. The molecule has 0 unspecified atom stereocenters. The van der Waals surface area contributed by atoms with Crippen LogP contribution in [0.25, 0.3) is 0 Å². The SMILES string of the molecule is NC(N)=Nc1nc(CSCCC(N)=NS(N)(=O)=O)cs1.[BiH3].[KH]. The molecule has 9 nitrogen and oxygen atoms in total. The third-order valence-corrected chi connectivity index (χ3v) is 4.03. The number of aromatic nitrogens is 1. The summed E-state index contributed by atoms with van der Waals surface area (Å²) in [6, 6.07) is 0. The van der Waals surface area contributed by atoms with Crippen LogP contribution in [-0.4, -0.2) is 109 Å². The predicted octanol–water partition coefficient (Wildman–Crippen LogP) is -2.60. The molecule has 0 bridgehead atoms. The van der Waals surface area contributed by atoms with Gasteiger partial charge in [-0.15, -0.1) is 15.7 Å². The molecule has 0 saturated carbocycles. The van der Waals surface area contributed by atoms with Gasteiger partial charge in [0.1, 0.15) is 5.84 Å². The van der Waals surface area contributed by atoms with Crippen molar-refractivity contribution in [2.45, 2.75) is 12.2 Å². The Morgan fingerprint density at radius 3 is 2.55 bits per heavy atom. The van der Waals surface area contributed by atoms with Crippen molar-refractivity contribution >= 4 is 128 Å². The first-order valence-electron chi connectivity index (χ1n) is 5.25. The Morgan fingerprint density at radius 2 is 2.00 bits per heavy atom. The Balaban J connectivity index is 0. The number of amidine groups is 1. The van der Waals surface area contributed by atoms with Crippen LogP contribution in [-0.2, 0) is 16.0 Å². The Morgan fingerprint density at radius 1 is 1.36 bits per heavy atom. The molecule has 0 amide bonds. The summed E-state index contributed by atoms with van der Waals surface area (Å²) in [5.41, 5.74) is 16.7. The van der Waals surface area contributed by atoms with E-state index in [2.05, 4.69) is 14.4 Å². The Labute approximate surface area is 198 Å². The van der Waals surface area contributed by atoms with Crippen LogP contribution < -0.4 is 22.3 Å². The summed E-state index contributed by atoms with van der Waals surface area (Å²) in [6.07, 6.45) is 0.325. The second-order valence-corrected chi connectivity index (χ2v) is 6.71. The molecule has 0 atom stereocenters. The molecule has 0 aliphatic rings. The van der Waals surface area contributed by atoms with Crippen molar-refractivity contribution in [1.82, 2.24) is 4.98 Å². The third-order valence-electron chi connectivity index (χ3n) is 1.76. The zero-order valence-corrected chi connectivity index (χ0v) is 19.0. The van der Waals surface area contributed by atoms with Crippen LogP contribution in [0.2, 0.25) is 0 Å². The zero-order valence-electron chi connectivity index (χ0n) is 11.1. The van der Waals surface area contributed by atoms with Crippen molar-refractivity contribution in [2.24, 2.45) is 31.7 Å². The number of nitrogens with zero attached hydrogens (tertiary/aromatic N) is 3. The van der Waals surface area contributed by atoms with Gasteiger partial charge in [0.2, 0.25) is 5.13 Å². The molecule has 0 aliphatic heterocycles. The van der Waals surface area contributed by atoms with E-state index < -0.39 is 10.2 Å². The predicted molar refractivity (Wildman–Crippen MR) is 100 cm³/mol. The van der Waals surface area contributed by atoms with Gasteiger partial charge in [0, 0.05) is 23.3 Å². The minimum absolute atomic E-state index is 0. The summed E-state index contributed by atoms with van der Waals surface area (Å²) in [7, 11) is -3.92. The molecule has 0 fully saturated rings. The average Bonchev–Trinajstić information content (AvgIpc) is 2.68. The fraction of sp³-hybridized carbons (Fsp3) is 0.375. The second kappa shape index (κ2) is 12.5. The molecule has 0 saturated heterocycles. The summed E-state index contributed by atoms with van der Waals surface area (Å²) in [6.45, 7) is 0. The fourth-order valence-electron chi connectivity index (χ4n) is 1.09. The van der Waals surface area contributed by atoms with Crippen LogP contribution in [0.3, 0.4) is 0 Å². The van der Waals surface area contributed by atoms with Gasteiger partial charge in [0.15, 0.2) is 5.96 Å². The van der Waals surface area contributed by atoms with E-state index in [4.69, 9.17) is 22.3 Å². The van der Waals surface area contributed by atoms with E-state index >= 15 is 0 Å². The molecule has 8 N–H and O–H groups in total. The van der Waals surface area contributed by atoms with Crippen LogP contribution in [0.4, 0.5) is 5.13 Å². The molecule has 1 rings (SSSR count). The van der Waals surface area contributed by atoms with Crippen molar-refractivity contribution < 1.29 is 8.42 Å². The van der Waals surface area contributed by atoms with E-state index in [1.54, 1.807) is 0 Å². The molecule has 0 radical (unpaired) electrons. The van der Waals surface area contributed by atoms with Crippen molar-refractivity contribution in [3.8, 4) is 0 Å². The number of thioether (sulfide) groups is 1. The first kappa shape index (κ1) is 25.4. The Kier molecular flexibility index (Phi) is 14.4. The summed E-state index contributed by atoms with van der Waals surface area (Å²) >= 11 is 2.86. The van der Waals surface area contributed by atoms with Gasteiger partial charge in [0.25, 0.3) is 0 Å². The molecule has 22 heavy (non-hydrogen) atoms. The molecule has 1 aromatic heterocycles. The molecule has 1 heterocycles. The van der Waals surface area contributed by atoms with Gasteiger partial charge in [-0.25, -0.2) is 10.1 Å². The van der Waals surface area contributed by atoms with Crippen LogP contribution in [0.5, 0.6) is 0 Å². The quantitative estimate of drug-likeness (QED) is 0.117. The normalized spacial score (nSPS) is 11.2. The van der Waals surface area contributed by atoms with Gasteiger partial charge in [-0.3, -0.25) is 0 Å². The molecule has 1 aromatic rings. The Hall–Kier alpha value is 1.15. The van der Waals surface area contributed by atoms with Crippen molar-refractivity contribution in [2.75, 3.05) is 5.75 Å². The minimum atomic E-state index is -3.92. The second-order valence-electron chi connectivity index (χ2n) is 3.56. The van der Waals surface area contributed by atoms with Gasteiger partial charge in [0.05, 0.1) is 5.69 Å². The topological polar surface area (TPSA) is 176 Å². The summed E-state index contributed by atoms with van der Waals surface area (Å²) in [4.78, 5) is 8.03. The standard InChI is InChI=1S/C8H15N7O2S3.Bi.K.4H/c9-6(15-20(12,16)17)1-2-18-3-5-4-19-8(13-5)14-7(10)11;;;;;;/h4H,1-3H2,(H2,9,15)(H2,12,16,17)(H4,10,11,13,14);;;;;;. The summed E-state index contributed by atoms with van der Waals surface area (Å²) in [5, 5.41) is 7.07. The fourth-order valence-corrected chi connectivity index (χ4v) is 3.17. The van der Waals surface area contributed by atoms with E-state index in [0.717, 1.165) is 5.69 Å². The van der Waals surface area contributed by atoms with E-state index in [1.165, 1.54) is 23.1 Å². The van der Waals surface area contributed by atoms with Gasteiger partial charge >= 0.3 is 87.8 Å². The van der Waals surface area contributed by atoms with Crippen molar-refractivity contribution in [1.29, 1.82) is 0 Å². The van der Waals surface area contributed by atoms with Crippen molar-refractivity contribution in [3.05, 3.63) is 11.1 Å². The van der Waals surface area contributed by atoms with Gasteiger partial charge in [-0.2, -0.15) is 25.2 Å². The van der Waals surface area contributed by atoms with E-state index in [9.17, 15) is 8.42 Å². The van der Waals surface area contributed by atoms with E-state index in [-0.39, 0.29) is 89.4 Å². The van der Waals surface area contributed by atoms with Crippen LogP contribution in [0, 0.1) is 0 Å². The number of guanidine groups is 1. The number of hydrogen-bond donors (Lipinski definition) is 4. The third kappa shape index (κ3) is 12.6. The maximum atomic E-state index is 10.6. The zero-order chi connectivity index (χ0) is 15.2. The molecule has 0 aromatic carbocycles. The average molecular weight is 590 g/mol. The van der Waals surface area contributed by atoms with Gasteiger partial charge < -0.3 is 17.2 Å². The summed E-state index contributed by atoms with van der Waals surface area (Å²) in [5.74, 6) is 1.18. The molecule has 14 heteroatoms. The molecule has 122 valence electrons. The van der Waals surface area contributed by atoms with Crippen LogP contribution in [0.1, 0.15) is 12.1 Å². The van der Waals surface area contributed by atoms with Crippen molar-refractivity contribution in [3.63, 3.8) is 0 Å². The molecular formula is C8H19BiKN7O2S3. The van der Waals surface area contributed by atoms with E-state index in [1.807, 2.05) is 5.38 Å². The van der Waals surface area contributed by atoms with E-state index in [0.29, 0.717) is 23.1 Å². The van der Waals surface area contributed by atoms with Gasteiger partial charge in [-0.05, 0) is 0 Å². The molecular weight excluding hydrogens is 570 g/mol. The maximum absolute atomic E-state index is 10.6. The number of hydrogen-bond acceptors (Lipinski definition) is 6. The Bertz CT molecular complexity index is 615. The first-order valence-corrected chi connectivity index (χ1v) is 8.79. The number of nitrogens with two attached hydrogens (primary N) is 4.